The molecule has 0 atom stereocenters. The van der Waals surface area contributed by atoms with Gasteiger partial charge in [0.25, 0.3) is 0 Å². The summed E-state index contributed by atoms with van der Waals surface area (Å²) in [5.74, 6) is 0. The molecule has 0 radical (unpaired) electrons. The lowest BCUT2D eigenvalue weighted by atomic mass is 9.89. The summed E-state index contributed by atoms with van der Waals surface area (Å²) in [7, 11) is 0. The third-order valence-corrected chi connectivity index (χ3v) is 10.8. The van der Waals surface area contributed by atoms with E-state index in [-0.39, 0.29) is 24.2 Å². The van der Waals surface area contributed by atoms with E-state index in [0.717, 1.165) is 64.5 Å². The molecule has 0 aliphatic heterocycles. The van der Waals surface area contributed by atoms with E-state index in [0.29, 0.717) is 16.7 Å². The van der Waals surface area contributed by atoms with Crippen LogP contribution in [0, 0.1) is 0 Å². The Balaban J connectivity index is 1.28. The molecule has 0 amide bonds. The zero-order chi connectivity index (χ0) is 34.4. The van der Waals surface area contributed by atoms with E-state index in [4.69, 9.17) is 0 Å². The Bertz CT molecular complexity index is 3040. The fourth-order valence-corrected chi connectivity index (χ4v) is 8.61. The van der Waals surface area contributed by atoms with Crippen molar-refractivity contribution in [3.05, 3.63) is 170 Å². The summed E-state index contributed by atoms with van der Waals surface area (Å²) in [6, 6.07) is 49.6. The van der Waals surface area contributed by atoms with E-state index < -0.39 is 0 Å². The van der Waals surface area contributed by atoms with Crippen LogP contribution in [-0.4, -0.2) is 0 Å². The van der Waals surface area contributed by atoms with Crippen molar-refractivity contribution in [3.8, 4) is 33.4 Å². The SMILES string of the molecule is [2H]c1c([2H])c(-c2c3ccccc3cc3c2ccc2ccccc23)c([2H])c([2H])c1-c1cc(-c2ccccc2)c2sc3c4ccccc4ccc3c2c1. The number of thiophene rings is 1. The molecular formula is C46H28S. The smallest absolute Gasteiger partial charge is 0.0629 e. The van der Waals surface area contributed by atoms with Crippen LogP contribution in [0.5, 0.6) is 0 Å². The first kappa shape index (κ1) is 22.7. The summed E-state index contributed by atoms with van der Waals surface area (Å²) in [6.07, 6.45) is 0. The molecule has 0 bridgehead atoms. The zero-order valence-electron chi connectivity index (χ0n) is 29.3. The zero-order valence-corrected chi connectivity index (χ0v) is 26.1. The first-order valence-electron chi connectivity index (χ1n) is 17.9. The minimum absolute atomic E-state index is 0.0423. The van der Waals surface area contributed by atoms with Gasteiger partial charge in [-0.3, -0.25) is 0 Å². The number of hydrogen-bond acceptors (Lipinski definition) is 1. The Morgan fingerprint density at radius 1 is 0.340 bits per heavy atom. The van der Waals surface area contributed by atoms with Gasteiger partial charge < -0.3 is 0 Å². The van der Waals surface area contributed by atoms with Crippen LogP contribution in [-0.2, 0) is 0 Å². The average molecular weight is 617 g/mol. The first-order valence-corrected chi connectivity index (χ1v) is 16.7. The molecule has 0 fully saturated rings. The van der Waals surface area contributed by atoms with Crippen molar-refractivity contribution in [1.29, 1.82) is 0 Å². The summed E-state index contributed by atoms with van der Waals surface area (Å²) in [6.45, 7) is 0. The van der Waals surface area contributed by atoms with Gasteiger partial charge in [-0.05, 0) is 89.1 Å². The van der Waals surface area contributed by atoms with E-state index in [9.17, 15) is 5.48 Å². The fraction of sp³-hybridized carbons (Fsp3) is 0. The van der Waals surface area contributed by atoms with Gasteiger partial charge in [0.1, 0.15) is 0 Å². The predicted octanol–water partition coefficient (Wildman–Crippen LogP) is 13.7. The molecule has 9 aromatic carbocycles. The van der Waals surface area contributed by atoms with E-state index in [1.807, 2.05) is 48.5 Å². The summed E-state index contributed by atoms with van der Waals surface area (Å²) in [5.41, 5.74) is 4.09. The second kappa shape index (κ2) is 10.4. The van der Waals surface area contributed by atoms with Crippen LogP contribution in [0.2, 0.25) is 0 Å². The predicted molar refractivity (Wildman–Crippen MR) is 206 cm³/mol. The van der Waals surface area contributed by atoms with Gasteiger partial charge in [-0.1, -0.05) is 152 Å². The van der Waals surface area contributed by atoms with Crippen molar-refractivity contribution in [1.82, 2.24) is 0 Å². The fourth-order valence-electron chi connectivity index (χ4n) is 7.25. The highest BCUT2D eigenvalue weighted by Crippen LogP contribution is 2.45. The molecule has 0 spiro atoms. The largest absolute Gasteiger partial charge is 0.134 e. The van der Waals surface area contributed by atoms with Gasteiger partial charge in [-0.15, -0.1) is 11.3 Å². The van der Waals surface area contributed by atoms with Crippen molar-refractivity contribution in [2.75, 3.05) is 0 Å². The van der Waals surface area contributed by atoms with Gasteiger partial charge >= 0.3 is 0 Å². The molecule has 0 aliphatic rings. The number of hydrogen-bond donors (Lipinski definition) is 0. The lowest BCUT2D eigenvalue weighted by molar-refractivity contribution is 1.62. The summed E-state index contributed by atoms with van der Waals surface area (Å²) in [4.78, 5) is 0. The normalized spacial score (nSPS) is 13.0. The topological polar surface area (TPSA) is 0 Å². The molecule has 218 valence electrons. The third kappa shape index (κ3) is 4.14. The average Bonchev–Trinajstić information content (AvgIpc) is 3.56. The molecule has 0 saturated heterocycles. The lowest BCUT2D eigenvalue weighted by Gasteiger charge is -2.15. The first-order chi connectivity index (χ1) is 25.0. The lowest BCUT2D eigenvalue weighted by Crippen LogP contribution is -1.88. The van der Waals surface area contributed by atoms with Gasteiger partial charge in [0.2, 0.25) is 0 Å². The Morgan fingerprint density at radius 2 is 0.957 bits per heavy atom. The molecule has 10 aromatic rings. The maximum absolute atomic E-state index is 9.56. The third-order valence-electron chi connectivity index (χ3n) is 9.48. The summed E-state index contributed by atoms with van der Waals surface area (Å²) in [5, 5.41) is 10.6. The van der Waals surface area contributed by atoms with E-state index >= 15 is 0 Å². The Kier molecular flexibility index (Phi) is 5.02. The van der Waals surface area contributed by atoms with Gasteiger partial charge in [0.05, 0.1) is 5.48 Å². The Labute approximate surface area is 282 Å². The quantitative estimate of drug-likeness (QED) is 0.137. The monoisotopic (exact) mass is 616 g/mol. The molecule has 1 heteroatoms. The molecule has 47 heavy (non-hydrogen) atoms. The van der Waals surface area contributed by atoms with Gasteiger partial charge in [-0.2, -0.15) is 0 Å². The Morgan fingerprint density at radius 3 is 1.74 bits per heavy atom. The van der Waals surface area contributed by atoms with Gasteiger partial charge in [0.15, 0.2) is 0 Å². The van der Waals surface area contributed by atoms with Crippen LogP contribution in [0.4, 0.5) is 0 Å². The van der Waals surface area contributed by atoms with Crippen molar-refractivity contribution in [2.45, 2.75) is 0 Å². The number of rotatable bonds is 3. The van der Waals surface area contributed by atoms with E-state index in [1.165, 1.54) is 15.5 Å². The maximum Gasteiger partial charge on any atom is 0.0629 e. The highest BCUT2D eigenvalue weighted by atomic mass is 32.1. The molecule has 0 aliphatic carbocycles. The maximum atomic E-state index is 9.56. The highest BCUT2D eigenvalue weighted by molar-refractivity contribution is 7.27. The minimum Gasteiger partial charge on any atom is -0.134 e. The standard InChI is InChI=1S/C46H28S/c1-2-10-30(11-3-1)41-27-35(28-43-40-25-23-32-13-5-9-17-38(32)45(40)47-46(41)43)29-18-20-33(21-19-29)44-37-16-8-6-14-34(37)26-42-36-15-7-4-12-31(36)22-24-39(42)44/h1-28H/i18D,19D,20D,21D. The van der Waals surface area contributed by atoms with E-state index in [2.05, 4.69) is 97.1 Å². The van der Waals surface area contributed by atoms with Crippen LogP contribution >= 0.6 is 11.3 Å². The second-order valence-electron chi connectivity index (χ2n) is 12.1. The number of benzene rings is 9. The molecule has 0 unspecified atom stereocenters. The Hall–Kier alpha value is -5.76. The minimum atomic E-state index is -0.0452. The molecular weight excluding hydrogens is 585 g/mol. The van der Waals surface area contributed by atoms with Crippen molar-refractivity contribution < 1.29 is 5.48 Å². The van der Waals surface area contributed by atoms with Crippen molar-refractivity contribution in [3.63, 3.8) is 0 Å². The summed E-state index contributed by atoms with van der Waals surface area (Å²) >= 11 is 1.77. The molecule has 10 rings (SSSR count). The number of fused-ring (bicyclic) bond motifs is 9. The molecule has 1 heterocycles. The van der Waals surface area contributed by atoms with Crippen molar-refractivity contribution in [2.24, 2.45) is 0 Å². The molecule has 1 aromatic heterocycles. The van der Waals surface area contributed by atoms with Crippen LogP contribution in [0.25, 0.3) is 96.6 Å². The van der Waals surface area contributed by atoms with Crippen LogP contribution in [0.1, 0.15) is 5.48 Å². The second-order valence-corrected chi connectivity index (χ2v) is 13.2. The van der Waals surface area contributed by atoms with Gasteiger partial charge in [0, 0.05) is 25.7 Å². The van der Waals surface area contributed by atoms with Crippen LogP contribution in [0.15, 0.2) is 170 Å². The van der Waals surface area contributed by atoms with Crippen molar-refractivity contribution >= 4 is 74.6 Å². The molecule has 0 N–H and O–H groups in total. The molecule has 0 nitrogen and oxygen atoms in total. The molecule has 0 saturated carbocycles. The van der Waals surface area contributed by atoms with Gasteiger partial charge in [-0.25, -0.2) is 0 Å². The summed E-state index contributed by atoms with van der Waals surface area (Å²) < 4.78 is 40.5. The van der Waals surface area contributed by atoms with Crippen LogP contribution in [0.3, 0.4) is 0 Å². The van der Waals surface area contributed by atoms with E-state index in [1.54, 1.807) is 11.3 Å². The highest BCUT2D eigenvalue weighted by Gasteiger charge is 2.16. The van der Waals surface area contributed by atoms with Crippen LogP contribution < -0.4 is 0 Å².